The Morgan fingerprint density at radius 1 is 1.38 bits per heavy atom. The van der Waals surface area contributed by atoms with Gasteiger partial charge in [0.05, 0.1) is 17.2 Å². The van der Waals surface area contributed by atoms with Gasteiger partial charge in [0.2, 0.25) is 0 Å². The van der Waals surface area contributed by atoms with Gasteiger partial charge in [-0.25, -0.2) is 4.79 Å². The molecule has 2 rings (SSSR count). The summed E-state index contributed by atoms with van der Waals surface area (Å²) in [6, 6.07) is 0. The van der Waals surface area contributed by atoms with Gasteiger partial charge in [-0.3, -0.25) is 4.79 Å². The van der Waals surface area contributed by atoms with E-state index in [0.29, 0.717) is 22.8 Å². The minimum atomic E-state index is -0.445. The number of ether oxygens (including phenoxy) is 1. The molecule has 0 radical (unpaired) electrons. The number of nitrogen functional groups attached to an aromatic ring is 1. The Labute approximate surface area is 129 Å². The lowest BCUT2D eigenvalue weighted by Gasteiger charge is -2.18. The summed E-state index contributed by atoms with van der Waals surface area (Å²) in [4.78, 5) is 26.7. The summed E-state index contributed by atoms with van der Waals surface area (Å²) < 4.78 is 5.10. The van der Waals surface area contributed by atoms with Crippen LogP contribution in [0.5, 0.6) is 0 Å². The maximum absolute atomic E-state index is 12.2. The topological polar surface area (TPSA) is 72.6 Å². The van der Waals surface area contributed by atoms with Crippen molar-refractivity contribution in [1.29, 1.82) is 0 Å². The summed E-state index contributed by atoms with van der Waals surface area (Å²) in [5.74, 6) is 0.201. The summed E-state index contributed by atoms with van der Waals surface area (Å²) in [5, 5.41) is 0.745. The zero-order valence-electron chi connectivity index (χ0n) is 12.8. The molecule has 21 heavy (non-hydrogen) atoms. The summed E-state index contributed by atoms with van der Waals surface area (Å²) in [5.41, 5.74) is 6.67. The van der Waals surface area contributed by atoms with Crippen LogP contribution in [-0.4, -0.2) is 32.0 Å². The van der Waals surface area contributed by atoms with Crippen LogP contribution in [0.4, 0.5) is 10.7 Å². The molecular formula is C15H22N2O3S. The van der Waals surface area contributed by atoms with Crippen molar-refractivity contribution in [1.82, 2.24) is 0 Å². The highest BCUT2D eigenvalue weighted by Crippen LogP contribution is 2.41. The number of esters is 1. The number of Topliss-reactive ketones (excluding diaryl/α,β-unsaturated/α-hetero) is 1. The van der Waals surface area contributed by atoms with E-state index in [9.17, 15) is 9.59 Å². The molecule has 1 heterocycles. The number of ketones is 1. The molecule has 0 bridgehead atoms. The van der Waals surface area contributed by atoms with Gasteiger partial charge in [0.25, 0.3) is 0 Å². The van der Waals surface area contributed by atoms with Crippen LogP contribution in [-0.2, 0) is 4.74 Å². The van der Waals surface area contributed by atoms with Gasteiger partial charge in [-0.05, 0) is 25.7 Å². The third kappa shape index (κ3) is 3.37. The van der Waals surface area contributed by atoms with E-state index in [-0.39, 0.29) is 18.1 Å². The first-order valence-electron chi connectivity index (χ1n) is 7.33. The van der Waals surface area contributed by atoms with Gasteiger partial charge in [-0.15, -0.1) is 11.3 Å². The number of hydrogen-bond donors (Lipinski definition) is 1. The molecule has 0 atom stereocenters. The molecule has 5 nitrogen and oxygen atoms in total. The van der Waals surface area contributed by atoms with E-state index in [4.69, 9.17) is 10.5 Å². The largest absolute Gasteiger partial charge is 0.462 e. The molecule has 1 aromatic rings. The van der Waals surface area contributed by atoms with E-state index >= 15 is 0 Å². The molecule has 2 N–H and O–H groups in total. The van der Waals surface area contributed by atoms with Crippen LogP contribution in [0.25, 0.3) is 0 Å². The maximum atomic E-state index is 12.2. The number of carbonyl (C=O) groups is 2. The van der Waals surface area contributed by atoms with Crippen molar-refractivity contribution in [2.24, 2.45) is 5.92 Å². The SMILES string of the molecule is CCOC(=O)c1c(N(C)CC2CC2)sc(C(=O)CC)c1N. The standard InChI is InChI=1S/C15H22N2O3S/c1-4-10(18)13-12(16)11(15(19)20-5-2)14(21-13)17(3)8-9-6-7-9/h9H,4-8,16H2,1-3H3. The van der Waals surface area contributed by atoms with E-state index in [1.54, 1.807) is 13.8 Å². The van der Waals surface area contributed by atoms with Gasteiger partial charge in [0.15, 0.2) is 5.78 Å². The fraction of sp³-hybridized carbons (Fsp3) is 0.600. The molecule has 1 aliphatic rings. The van der Waals surface area contributed by atoms with Gasteiger partial charge in [-0.1, -0.05) is 6.92 Å². The Hall–Kier alpha value is -1.56. The van der Waals surface area contributed by atoms with Crippen LogP contribution in [0, 0.1) is 5.92 Å². The Morgan fingerprint density at radius 2 is 2.05 bits per heavy atom. The predicted octanol–water partition coefficient (Wildman–Crippen LogP) is 2.95. The van der Waals surface area contributed by atoms with Crippen LogP contribution >= 0.6 is 11.3 Å². The Bertz CT molecular complexity index is 549. The number of thiophene rings is 1. The monoisotopic (exact) mass is 310 g/mol. The van der Waals surface area contributed by atoms with Crippen molar-refractivity contribution in [3.8, 4) is 0 Å². The minimum absolute atomic E-state index is 0.0332. The average molecular weight is 310 g/mol. The molecule has 0 aromatic carbocycles. The van der Waals surface area contributed by atoms with Crippen molar-refractivity contribution in [3.05, 3.63) is 10.4 Å². The van der Waals surface area contributed by atoms with E-state index in [2.05, 4.69) is 0 Å². The Kier molecular flexibility index (Phi) is 4.88. The van der Waals surface area contributed by atoms with Crippen LogP contribution in [0.3, 0.4) is 0 Å². The second kappa shape index (κ2) is 6.47. The van der Waals surface area contributed by atoms with Gasteiger partial charge in [0, 0.05) is 20.0 Å². The normalized spacial score (nSPS) is 14.0. The number of hydrogen-bond acceptors (Lipinski definition) is 6. The van der Waals surface area contributed by atoms with Crippen LogP contribution in [0.15, 0.2) is 0 Å². The second-order valence-electron chi connectivity index (χ2n) is 5.35. The first-order valence-corrected chi connectivity index (χ1v) is 8.14. The maximum Gasteiger partial charge on any atom is 0.343 e. The number of nitrogens with two attached hydrogens (primary N) is 1. The minimum Gasteiger partial charge on any atom is -0.462 e. The lowest BCUT2D eigenvalue weighted by atomic mass is 10.1. The van der Waals surface area contributed by atoms with Crippen molar-refractivity contribution >= 4 is 33.8 Å². The summed E-state index contributed by atoms with van der Waals surface area (Å²) in [7, 11) is 1.94. The van der Waals surface area contributed by atoms with Crippen LogP contribution in [0.1, 0.15) is 53.1 Å². The number of rotatable bonds is 7. The molecule has 0 spiro atoms. The smallest absolute Gasteiger partial charge is 0.343 e. The van der Waals surface area contributed by atoms with Gasteiger partial charge >= 0.3 is 5.97 Å². The van der Waals surface area contributed by atoms with Crippen molar-refractivity contribution in [3.63, 3.8) is 0 Å². The second-order valence-corrected chi connectivity index (χ2v) is 6.35. The highest BCUT2D eigenvalue weighted by atomic mass is 32.1. The fourth-order valence-corrected chi connectivity index (χ4v) is 3.43. The number of nitrogens with zero attached hydrogens (tertiary/aromatic N) is 1. The molecule has 6 heteroatoms. The number of carbonyl (C=O) groups excluding carboxylic acids is 2. The predicted molar refractivity (Wildman–Crippen MR) is 85.3 cm³/mol. The van der Waals surface area contributed by atoms with Crippen molar-refractivity contribution in [2.75, 3.05) is 30.8 Å². The zero-order chi connectivity index (χ0) is 15.6. The lowest BCUT2D eigenvalue weighted by molar-refractivity contribution is 0.0529. The summed E-state index contributed by atoms with van der Waals surface area (Å²) in [6.07, 6.45) is 2.82. The quantitative estimate of drug-likeness (QED) is 0.619. The molecule has 0 saturated heterocycles. The molecule has 1 fully saturated rings. The highest BCUT2D eigenvalue weighted by Gasteiger charge is 2.30. The third-order valence-corrected chi connectivity index (χ3v) is 4.92. The third-order valence-electron chi connectivity index (χ3n) is 3.56. The summed E-state index contributed by atoms with van der Waals surface area (Å²) >= 11 is 1.30. The van der Waals surface area contributed by atoms with E-state index in [1.807, 2.05) is 11.9 Å². The van der Waals surface area contributed by atoms with Crippen LogP contribution < -0.4 is 10.6 Å². The molecule has 0 aliphatic heterocycles. The van der Waals surface area contributed by atoms with Crippen molar-refractivity contribution < 1.29 is 14.3 Å². The molecule has 116 valence electrons. The van der Waals surface area contributed by atoms with Gasteiger partial charge < -0.3 is 15.4 Å². The molecule has 0 amide bonds. The first-order chi connectivity index (χ1) is 9.99. The fourth-order valence-electron chi connectivity index (χ4n) is 2.24. The van der Waals surface area contributed by atoms with E-state index in [0.717, 1.165) is 11.5 Å². The van der Waals surface area contributed by atoms with Crippen molar-refractivity contribution in [2.45, 2.75) is 33.1 Å². The Balaban J connectivity index is 2.39. The van der Waals surface area contributed by atoms with Gasteiger partial charge in [0.1, 0.15) is 10.6 Å². The lowest BCUT2D eigenvalue weighted by Crippen LogP contribution is -2.21. The zero-order valence-corrected chi connectivity index (χ0v) is 13.6. The van der Waals surface area contributed by atoms with E-state index in [1.165, 1.54) is 24.2 Å². The molecule has 1 saturated carbocycles. The van der Waals surface area contributed by atoms with E-state index < -0.39 is 5.97 Å². The van der Waals surface area contributed by atoms with Crippen LogP contribution in [0.2, 0.25) is 0 Å². The highest BCUT2D eigenvalue weighted by molar-refractivity contribution is 7.19. The first kappa shape index (κ1) is 15.8. The molecule has 0 unspecified atom stereocenters. The average Bonchev–Trinajstić information content (AvgIpc) is 3.19. The molecule has 1 aliphatic carbocycles. The Morgan fingerprint density at radius 3 is 2.57 bits per heavy atom. The van der Waals surface area contributed by atoms with Gasteiger partial charge in [-0.2, -0.15) is 0 Å². The molecular weight excluding hydrogens is 288 g/mol. The number of anilines is 2. The summed E-state index contributed by atoms with van der Waals surface area (Å²) in [6.45, 7) is 4.72. The molecule has 1 aromatic heterocycles.